The second kappa shape index (κ2) is 5.41. The zero-order valence-electron chi connectivity index (χ0n) is 10.9. The molecular weight excluding hydrogens is 246 g/mol. The SMILES string of the molecule is N#Cc1cccc(-c2cc(Cc3ccccc3)[nH]n2)c1. The first-order valence-corrected chi connectivity index (χ1v) is 6.44. The van der Waals surface area contributed by atoms with Crippen LogP contribution < -0.4 is 0 Å². The molecule has 2 aromatic carbocycles. The zero-order chi connectivity index (χ0) is 13.8. The number of hydrogen-bond acceptors (Lipinski definition) is 2. The molecule has 0 radical (unpaired) electrons. The highest BCUT2D eigenvalue weighted by atomic mass is 15.1. The molecule has 0 saturated heterocycles. The van der Waals surface area contributed by atoms with E-state index in [-0.39, 0.29) is 0 Å². The molecule has 0 amide bonds. The van der Waals surface area contributed by atoms with Crippen LogP contribution in [-0.4, -0.2) is 10.2 Å². The summed E-state index contributed by atoms with van der Waals surface area (Å²) in [5.74, 6) is 0. The van der Waals surface area contributed by atoms with Crippen molar-refractivity contribution in [1.29, 1.82) is 5.26 Å². The van der Waals surface area contributed by atoms with E-state index in [1.807, 2.05) is 42.5 Å². The highest BCUT2D eigenvalue weighted by Crippen LogP contribution is 2.20. The standard InChI is InChI=1S/C17H13N3/c18-12-14-7-4-8-15(9-14)17-11-16(19-20-17)10-13-5-2-1-3-6-13/h1-9,11H,10H2,(H,19,20). The van der Waals surface area contributed by atoms with Crippen LogP contribution in [0.15, 0.2) is 60.7 Å². The van der Waals surface area contributed by atoms with Gasteiger partial charge in [0.15, 0.2) is 0 Å². The Bertz CT molecular complexity index is 751. The van der Waals surface area contributed by atoms with Gasteiger partial charge in [-0.25, -0.2) is 0 Å². The molecule has 0 saturated carbocycles. The van der Waals surface area contributed by atoms with Gasteiger partial charge in [0.25, 0.3) is 0 Å². The van der Waals surface area contributed by atoms with E-state index in [1.165, 1.54) is 5.56 Å². The number of nitrogens with one attached hydrogen (secondary N) is 1. The molecule has 0 aliphatic carbocycles. The topological polar surface area (TPSA) is 52.5 Å². The number of benzene rings is 2. The Balaban J connectivity index is 1.85. The van der Waals surface area contributed by atoms with Crippen LogP contribution >= 0.6 is 0 Å². The predicted molar refractivity (Wildman–Crippen MR) is 78.0 cm³/mol. The minimum atomic E-state index is 0.648. The number of nitrogens with zero attached hydrogens (tertiary/aromatic N) is 2. The molecule has 1 N–H and O–H groups in total. The molecule has 3 rings (SSSR count). The number of nitriles is 1. The van der Waals surface area contributed by atoms with E-state index in [0.717, 1.165) is 23.4 Å². The summed E-state index contributed by atoms with van der Waals surface area (Å²) in [6.07, 6.45) is 0.825. The fourth-order valence-electron chi connectivity index (χ4n) is 2.16. The molecule has 96 valence electrons. The van der Waals surface area contributed by atoms with Crippen molar-refractivity contribution in [1.82, 2.24) is 10.2 Å². The average molecular weight is 259 g/mol. The van der Waals surface area contributed by atoms with Crippen LogP contribution in [0, 0.1) is 11.3 Å². The van der Waals surface area contributed by atoms with Gasteiger partial charge in [0.2, 0.25) is 0 Å². The van der Waals surface area contributed by atoms with Crippen LogP contribution in [0.3, 0.4) is 0 Å². The van der Waals surface area contributed by atoms with Crippen LogP contribution in [0.1, 0.15) is 16.8 Å². The fourth-order valence-corrected chi connectivity index (χ4v) is 2.16. The number of aromatic nitrogens is 2. The highest BCUT2D eigenvalue weighted by Gasteiger charge is 2.05. The smallest absolute Gasteiger partial charge is 0.0991 e. The maximum Gasteiger partial charge on any atom is 0.0991 e. The predicted octanol–water partition coefficient (Wildman–Crippen LogP) is 3.54. The summed E-state index contributed by atoms with van der Waals surface area (Å²) in [6.45, 7) is 0. The lowest BCUT2D eigenvalue weighted by molar-refractivity contribution is 0.998. The van der Waals surface area contributed by atoms with Gasteiger partial charge in [0.1, 0.15) is 0 Å². The van der Waals surface area contributed by atoms with Crippen molar-refractivity contribution in [2.24, 2.45) is 0 Å². The van der Waals surface area contributed by atoms with E-state index >= 15 is 0 Å². The molecule has 3 nitrogen and oxygen atoms in total. The molecule has 0 bridgehead atoms. The van der Waals surface area contributed by atoms with Gasteiger partial charge in [0.05, 0.1) is 17.3 Å². The van der Waals surface area contributed by atoms with Crippen LogP contribution in [0.25, 0.3) is 11.3 Å². The first kappa shape index (κ1) is 12.2. The Labute approximate surface area is 117 Å². The van der Waals surface area contributed by atoms with E-state index in [9.17, 15) is 0 Å². The van der Waals surface area contributed by atoms with Crippen LogP contribution in [-0.2, 0) is 6.42 Å². The van der Waals surface area contributed by atoms with Crippen molar-refractivity contribution in [2.75, 3.05) is 0 Å². The summed E-state index contributed by atoms with van der Waals surface area (Å²) >= 11 is 0. The molecule has 0 fully saturated rings. The lowest BCUT2D eigenvalue weighted by atomic mass is 10.1. The van der Waals surface area contributed by atoms with Crippen molar-refractivity contribution in [3.63, 3.8) is 0 Å². The van der Waals surface area contributed by atoms with Gasteiger partial charge >= 0.3 is 0 Å². The Morgan fingerprint density at radius 3 is 2.65 bits per heavy atom. The summed E-state index contributed by atoms with van der Waals surface area (Å²) in [5.41, 5.74) is 4.78. The first-order chi connectivity index (χ1) is 9.85. The van der Waals surface area contributed by atoms with E-state index in [4.69, 9.17) is 5.26 Å². The molecule has 0 aliphatic rings. The number of hydrogen-bond donors (Lipinski definition) is 1. The van der Waals surface area contributed by atoms with Crippen molar-refractivity contribution in [2.45, 2.75) is 6.42 Å². The molecule has 3 heteroatoms. The van der Waals surface area contributed by atoms with Crippen molar-refractivity contribution in [3.05, 3.63) is 77.5 Å². The number of H-pyrrole nitrogens is 1. The maximum atomic E-state index is 8.93. The van der Waals surface area contributed by atoms with Gasteiger partial charge in [-0.3, -0.25) is 5.10 Å². The van der Waals surface area contributed by atoms with Crippen molar-refractivity contribution < 1.29 is 0 Å². The number of rotatable bonds is 3. The molecular formula is C17H13N3. The van der Waals surface area contributed by atoms with Gasteiger partial charge in [0, 0.05) is 17.7 Å². The lowest BCUT2D eigenvalue weighted by Gasteiger charge is -1.97. The fraction of sp³-hybridized carbons (Fsp3) is 0.0588. The molecule has 20 heavy (non-hydrogen) atoms. The summed E-state index contributed by atoms with van der Waals surface area (Å²) in [6, 6.07) is 21.9. The normalized spacial score (nSPS) is 10.2. The highest BCUT2D eigenvalue weighted by molar-refractivity contribution is 5.61. The van der Waals surface area contributed by atoms with Gasteiger partial charge in [-0.2, -0.15) is 10.4 Å². The van der Waals surface area contributed by atoms with Gasteiger partial charge < -0.3 is 0 Å². The molecule has 0 atom stereocenters. The van der Waals surface area contributed by atoms with Crippen molar-refractivity contribution in [3.8, 4) is 17.3 Å². The minimum Gasteiger partial charge on any atom is -0.282 e. The van der Waals surface area contributed by atoms with Crippen LogP contribution in [0.2, 0.25) is 0 Å². The maximum absolute atomic E-state index is 8.93. The molecule has 0 spiro atoms. The molecule has 1 heterocycles. The van der Waals surface area contributed by atoms with E-state index < -0.39 is 0 Å². The Morgan fingerprint density at radius 1 is 1.00 bits per heavy atom. The average Bonchev–Trinajstić information content (AvgIpc) is 2.97. The van der Waals surface area contributed by atoms with Crippen molar-refractivity contribution >= 4 is 0 Å². The summed E-state index contributed by atoms with van der Waals surface area (Å²) in [4.78, 5) is 0. The van der Waals surface area contributed by atoms with Gasteiger partial charge in [-0.05, 0) is 23.8 Å². The summed E-state index contributed by atoms with van der Waals surface area (Å²) in [5, 5.41) is 16.3. The summed E-state index contributed by atoms with van der Waals surface area (Å²) < 4.78 is 0. The summed E-state index contributed by atoms with van der Waals surface area (Å²) in [7, 11) is 0. The van der Waals surface area contributed by atoms with Gasteiger partial charge in [-0.1, -0.05) is 42.5 Å². The second-order valence-corrected chi connectivity index (χ2v) is 4.63. The molecule has 1 aromatic heterocycles. The minimum absolute atomic E-state index is 0.648. The molecule has 3 aromatic rings. The van der Waals surface area contributed by atoms with E-state index in [1.54, 1.807) is 6.07 Å². The zero-order valence-corrected chi connectivity index (χ0v) is 10.9. The molecule has 0 unspecified atom stereocenters. The van der Waals surface area contributed by atoms with Crippen LogP contribution in [0.5, 0.6) is 0 Å². The van der Waals surface area contributed by atoms with Gasteiger partial charge in [-0.15, -0.1) is 0 Å². The Hall–Kier alpha value is -2.86. The second-order valence-electron chi connectivity index (χ2n) is 4.63. The Morgan fingerprint density at radius 2 is 1.85 bits per heavy atom. The van der Waals surface area contributed by atoms with Crippen LogP contribution in [0.4, 0.5) is 0 Å². The van der Waals surface area contributed by atoms with E-state index in [0.29, 0.717) is 5.56 Å². The first-order valence-electron chi connectivity index (χ1n) is 6.44. The number of aromatic amines is 1. The largest absolute Gasteiger partial charge is 0.282 e. The third-order valence-corrected chi connectivity index (χ3v) is 3.16. The monoisotopic (exact) mass is 259 g/mol. The molecule has 0 aliphatic heterocycles. The quantitative estimate of drug-likeness (QED) is 0.782. The van der Waals surface area contributed by atoms with E-state index in [2.05, 4.69) is 28.4 Å². The lowest BCUT2D eigenvalue weighted by Crippen LogP contribution is -1.87. The third-order valence-electron chi connectivity index (χ3n) is 3.16. The third kappa shape index (κ3) is 2.60. The Kier molecular flexibility index (Phi) is 3.30.